The summed E-state index contributed by atoms with van der Waals surface area (Å²) >= 11 is 0. The Hall–Kier alpha value is -1.64. The van der Waals surface area contributed by atoms with Crippen LogP contribution >= 0.6 is 0 Å². The molecule has 0 aliphatic rings. The Morgan fingerprint density at radius 1 is 1.50 bits per heavy atom. The Labute approximate surface area is 84.1 Å². The van der Waals surface area contributed by atoms with Crippen molar-refractivity contribution in [1.82, 2.24) is 9.88 Å². The van der Waals surface area contributed by atoms with Crippen LogP contribution in [0.2, 0.25) is 0 Å². The van der Waals surface area contributed by atoms with Crippen molar-refractivity contribution in [3.63, 3.8) is 0 Å². The van der Waals surface area contributed by atoms with Crippen LogP contribution in [0.15, 0.2) is 36.3 Å². The maximum atomic E-state index is 11.6. The van der Waals surface area contributed by atoms with Crippen LogP contribution < -0.4 is 0 Å². The molecule has 3 heteroatoms. The minimum absolute atomic E-state index is 0.00991. The molecular formula is C11H14N2O. The van der Waals surface area contributed by atoms with Crippen LogP contribution in [-0.4, -0.2) is 29.8 Å². The quantitative estimate of drug-likeness (QED) is 0.537. The van der Waals surface area contributed by atoms with Gasteiger partial charge in [0.15, 0.2) is 5.78 Å². The maximum Gasteiger partial charge on any atom is 0.189 e. The van der Waals surface area contributed by atoms with Crippen LogP contribution in [0.5, 0.6) is 0 Å². The van der Waals surface area contributed by atoms with E-state index in [4.69, 9.17) is 0 Å². The molecule has 0 aliphatic carbocycles. The van der Waals surface area contributed by atoms with E-state index in [1.165, 1.54) is 0 Å². The molecule has 0 atom stereocenters. The Balaban J connectivity index is 2.83. The van der Waals surface area contributed by atoms with Gasteiger partial charge in [-0.15, -0.1) is 0 Å². The molecular weight excluding hydrogens is 176 g/mol. The van der Waals surface area contributed by atoms with Gasteiger partial charge in [0, 0.05) is 43.8 Å². The van der Waals surface area contributed by atoms with E-state index in [2.05, 4.69) is 4.98 Å². The molecule has 0 radical (unpaired) electrons. The van der Waals surface area contributed by atoms with Gasteiger partial charge in [0.05, 0.1) is 0 Å². The standard InChI is InChI=1S/C11H14N2O/c1-9(13(2)3)7-11(14)10-5-4-6-12-8-10/h4-8H,1-3H3/b9-7+. The summed E-state index contributed by atoms with van der Waals surface area (Å²) in [6.45, 7) is 1.90. The molecule has 0 aliphatic heterocycles. The summed E-state index contributed by atoms with van der Waals surface area (Å²) in [6.07, 6.45) is 4.83. The third-order valence-electron chi connectivity index (χ3n) is 1.99. The van der Waals surface area contributed by atoms with Crippen LogP contribution in [0, 0.1) is 0 Å². The van der Waals surface area contributed by atoms with Gasteiger partial charge in [0.25, 0.3) is 0 Å². The third kappa shape index (κ3) is 2.69. The van der Waals surface area contributed by atoms with E-state index in [0.717, 1.165) is 5.70 Å². The Kier molecular flexibility index (Phi) is 3.40. The van der Waals surface area contributed by atoms with Crippen molar-refractivity contribution < 1.29 is 4.79 Å². The number of hydrogen-bond acceptors (Lipinski definition) is 3. The largest absolute Gasteiger partial charge is 0.381 e. The molecule has 0 saturated carbocycles. The molecule has 0 amide bonds. The predicted octanol–water partition coefficient (Wildman–Crippen LogP) is 1.73. The number of rotatable bonds is 3. The zero-order valence-corrected chi connectivity index (χ0v) is 8.69. The summed E-state index contributed by atoms with van der Waals surface area (Å²) < 4.78 is 0. The van der Waals surface area contributed by atoms with Crippen molar-refractivity contribution in [2.45, 2.75) is 6.92 Å². The zero-order valence-electron chi connectivity index (χ0n) is 8.69. The number of carbonyl (C=O) groups excluding carboxylic acids is 1. The highest BCUT2D eigenvalue weighted by atomic mass is 16.1. The first kappa shape index (κ1) is 10.4. The van der Waals surface area contributed by atoms with Crippen molar-refractivity contribution >= 4 is 5.78 Å². The molecule has 0 aromatic carbocycles. The summed E-state index contributed by atoms with van der Waals surface area (Å²) in [5.41, 5.74) is 1.55. The highest BCUT2D eigenvalue weighted by molar-refractivity contribution is 6.04. The number of ketones is 1. The third-order valence-corrected chi connectivity index (χ3v) is 1.99. The molecule has 1 heterocycles. The topological polar surface area (TPSA) is 33.2 Å². The van der Waals surface area contributed by atoms with Crippen LogP contribution in [0.3, 0.4) is 0 Å². The van der Waals surface area contributed by atoms with Crippen molar-refractivity contribution in [2.75, 3.05) is 14.1 Å². The van der Waals surface area contributed by atoms with Gasteiger partial charge >= 0.3 is 0 Å². The predicted molar refractivity (Wildman–Crippen MR) is 56.0 cm³/mol. The van der Waals surface area contributed by atoms with Crippen LogP contribution in [0.1, 0.15) is 17.3 Å². The normalized spacial score (nSPS) is 11.2. The van der Waals surface area contributed by atoms with E-state index >= 15 is 0 Å². The average Bonchev–Trinajstić information content (AvgIpc) is 2.19. The van der Waals surface area contributed by atoms with E-state index < -0.39 is 0 Å². The molecule has 74 valence electrons. The van der Waals surface area contributed by atoms with E-state index in [9.17, 15) is 4.79 Å². The number of aromatic nitrogens is 1. The lowest BCUT2D eigenvalue weighted by Crippen LogP contribution is -2.10. The highest BCUT2D eigenvalue weighted by Gasteiger charge is 2.02. The Morgan fingerprint density at radius 3 is 2.71 bits per heavy atom. The highest BCUT2D eigenvalue weighted by Crippen LogP contribution is 2.03. The summed E-state index contributed by atoms with van der Waals surface area (Å²) in [4.78, 5) is 17.4. The van der Waals surface area contributed by atoms with Crippen LogP contribution in [0.4, 0.5) is 0 Å². The Morgan fingerprint density at radius 2 is 2.21 bits per heavy atom. The SMILES string of the molecule is C/C(=C\C(=O)c1cccnc1)N(C)C. The number of pyridine rings is 1. The van der Waals surface area contributed by atoms with Crippen LogP contribution in [0.25, 0.3) is 0 Å². The fraction of sp³-hybridized carbons (Fsp3) is 0.273. The second kappa shape index (κ2) is 4.56. The summed E-state index contributed by atoms with van der Waals surface area (Å²) in [5, 5.41) is 0. The van der Waals surface area contributed by atoms with Gasteiger partial charge in [0.2, 0.25) is 0 Å². The lowest BCUT2D eigenvalue weighted by molar-refractivity contribution is 0.104. The van der Waals surface area contributed by atoms with Gasteiger partial charge in [-0.1, -0.05) is 0 Å². The number of hydrogen-bond donors (Lipinski definition) is 0. The molecule has 3 nitrogen and oxygen atoms in total. The van der Waals surface area contributed by atoms with Gasteiger partial charge in [-0.05, 0) is 19.1 Å². The van der Waals surface area contributed by atoms with Gasteiger partial charge < -0.3 is 4.90 Å². The fourth-order valence-electron chi connectivity index (χ4n) is 0.911. The molecule has 1 aromatic heterocycles. The maximum absolute atomic E-state index is 11.6. The van der Waals surface area contributed by atoms with Crippen molar-refractivity contribution in [3.05, 3.63) is 41.9 Å². The monoisotopic (exact) mass is 190 g/mol. The molecule has 1 rings (SSSR count). The molecule has 0 fully saturated rings. The smallest absolute Gasteiger partial charge is 0.189 e. The molecule has 0 saturated heterocycles. The first-order valence-corrected chi connectivity index (χ1v) is 4.41. The second-order valence-corrected chi connectivity index (χ2v) is 3.29. The van der Waals surface area contributed by atoms with Crippen LogP contribution in [-0.2, 0) is 0 Å². The lowest BCUT2D eigenvalue weighted by atomic mass is 10.1. The molecule has 0 spiro atoms. The van der Waals surface area contributed by atoms with E-state index in [-0.39, 0.29) is 5.78 Å². The van der Waals surface area contributed by atoms with Crippen molar-refractivity contribution in [3.8, 4) is 0 Å². The Bertz CT molecular complexity index is 342. The van der Waals surface area contributed by atoms with Crippen molar-refractivity contribution in [1.29, 1.82) is 0 Å². The number of carbonyl (C=O) groups is 1. The first-order valence-electron chi connectivity index (χ1n) is 4.41. The molecule has 0 N–H and O–H groups in total. The first-order chi connectivity index (χ1) is 6.61. The fourth-order valence-corrected chi connectivity index (χ4v) is 0.911. The molecule has 1 aromatic rings. The van der Waals surface area contributed by atoms with E-state index in [0.29, 0.717) is 5.56 Å². The summed E-state index contributed by atoms with van der Waals surface area (Å²) in [6, 6.07) is 3.51. The van der Waals surface area contributed by atoms with E-state index in [1.54, 1.807) is 30.6 Å². The number of allylic oxidation sites excluding steroid dienone is 2. The molecule has 14 heavy (non-hydrogen) atoms. The number of nitrogens with zero attached hydrogens (tertiary/aromatic N) is 2. The van der Waals surface area contributed by atoms with E-state index in [1.807, 2.05) is 25.9 Å². The molecule has 0 bridgehead atoms. The summed E-state index contributed by atoms with van der Waals surface area (Å²) in [7, 11) is 3.81. The van der Waals surface area contributed by atoms with Gasteiger partial charge in [-0.2, -0.15) is 0 Å². The lowest BCUT2D eigenvalue weighted by Gasteiger charge is -2.11. The zero-order chi connectivity index (χ0) is 10.6. The average molecular weight is 190 g/mol. The summed E-state index contributed by atoms with van der Waals surface area (Å²) in [5.74, 6) is -0.00991. The molecule has 0 unspecified atom stereocenters. The van der Waals surface area contributed by atoms with Crippen molar-refractivity contribution in [2.24, 2.45) is 0 Å². The van der Waals surface area contributed by atoms with Gasteiger partial charge in [-0.25, -0.2) is 0 Å². The van der Waals surface area contributed by atoms with Gasteiger partial charge in [0.1, 0.15) is 0 Å². The minimum Gasteiger partial charge on any atom is -0.381 e. The second-order valence-electron chi connectivity index (χ2n) is 3.29. The minimum atomic E-state index is -0.00991. The van der Waals surface area contributed by atoms with Gasteiger partial charge in [-0.3, -0.25) is 9.78 Å².